The minimum absolute atomic E-state index is 0.143. The van der Waals surface area contributed by atoms with Crippen molar-refractivity contribution < 1.29 is 19.2 Å². The number of imide groups is 1. The maximum absolute atomic E-state index is 14.3. The first-order valence-corrected chi connectivity index (χ1v) is 15.6. The van der Waals surface area contributed by atoms with Crippen molar-refractivity contribution in [1.82, 2.24) is 10.4 Å². The Morgan fingerprint density at radius 3 is 2.14 bits per heavy atom. The highest BCUT2D eigenvalue weighted by Gasteiger charge is 2.45. The lowest BCUT2D eigenvalue weighted by atomic mass is 9.88. The van der Waals surface area contributed by atoms with Crippen LogP contribution in [0.1, 0.15) is 62.1 Å². The highest BCUT2D eigenvalue weighted by Crippen LogP contribution is 2.45. The first-order valence-electron chi connectivity index (χ1n) is 15.6. The predicted octanol–water partition coefficient (Wildman–Crippen LogP) is 7.13. The van der Waals surface area contributed by atoms with Crippen molar-refractivity contribution >= 4 is 12.0 Å². The Bertz CT molecular complexity index is 1250. The van der Waals surface area contributed by atoms with E-state index in [9.17, 15) is 9.59 Å². The number of hydrogen-bond acceptors (Lipinski definition) is 5. The minimum Gasteiger partial charge on any atom is -0.447 e. The van der Waals surface area contributed by atoms with Crippen LogP contribution in [0.15, 0.2) is 91.0 Å². The van der Waals surface area contributed by atoms with Gasteiger partial charge >= 0.3 is 6.09 Å². The average Bonchev–Trinajstić information content (AvgIpc) is 3.64. The number of nitrogens with one attached hydrogen (secondary N) is 1. The number of ether oxygens (including phenoxy) is 1. The van der Waals surface area contributed by atoms with E-state index in [1.54, 1.807) is 0 Å². The van der Waals surface area contributed by atoms with Crippen molar-refractivity contribution in [2.45, 2.75) is 77.0 Å². The summed E-state index contributed by atoms with van der Waals surface area (Å²) in [4.78, 5) is 34.8. The van der Waals surface area contributed by atoms with E-state index in [4.69, 9.17) is 9.57 Å². The Balaban J connectivity index is 1.33. The molecule has 1 N–H and O–H groups in total. The molecule has 2 amide bonds. The fraction of sp³-hybridized carbons (Fsp3) is 0.444. The Morgan fingerprint density at radius 1 is 0.881 bits per heavy atom. The SMILES string of the molecule is CCCCC[C@@H](C(=O)N1C(=O)OC[C@@H]1Cc1ccccc1)C(CC1CC1Cc1ccccc1)NOCc1ccccc1. The fourth-order valence-electron chi connectivity index (χ4n) is 6.25. The van der Waals surface area contributed by atoms with Gasteiger partial charge in [0.05, 0.1) is 18.6 Å². The lowest BCUT2D eigenvalue weighted by Gasteiger charge is -2.31. The molecule has 0 radical (unpaired) electrons. The zero-order chi connectivity index (χ0) is 29.1. The first-order chi connectivity index (χ1) is 20.6. The molecule has 42 heavy (non-hydrogen) atoms. The molecular weight excluding hydrogens is 524 g/mol. The van der Waals surface area contributed by atoms with Crippen LogP contribution >= 0.6 is 0 Å². The van der Waals surface area contributed by atoms with E-state index >= 15 is 0 Å². The van der Waals surface area contributed by atoms with Gasteiger partial charge in [-0.3, -0.25) is 9.63 Å². The molecule has 0 spiro atoms. The summed E-state index contributed by atoms with van der Waals surface area (Å²) in [5.41, 5.74) is 6.84. The normalized spacial score (nSPS) is 21.1. The van der Waals surface area contributed by atoms with Gasteiger partial charge in [0, 0.05) is 6.04 Å². The summed E-state index contributed by atoms with van der Waals surface area (Å²) in [6, 6.07) is 30.2. The number of amides is 2. The van der Waals surface area contributed by atoms with Crippen molar-refractivity contribution in [3.05, 3.63) is 108 Å². The van der Waals surface area contributed by atoms with Crippen LogP contribution in [0.2, 0.25) is 0 Å². The van der Waals surface area contributed by atoms with Crippen molar-refractivity contribution in [3.8, 4) is 0 Å². The molecule has 222 valence electrons. The molecule has 0 bridgehead atoms. The lowest BCUT2D eigenvalue weighted by Crippen LogP contribution is -2.50. The Kier molecular flexibility index (Phi) is 10.8. The molecule has 0 aromatic heterocycles. The third-order valence-electron chi connectivity index (χ3n) is 8.72. The second-order valence-electron chi connectivity index (χ2n) is 11.9. The smallest absolute Gasteiger partial charge is 0.416 e. The summed E-state index contributed by atoms with van der Waals surface area (Å²) in [6.07, 6.45) is 6.82. The Labute approximate surface area is 250 Å². The summed E-state index contributed by atoms with van der Waals surface area (Å²) in [6.45, 7) is 2.81. The number of unbranched alkanes of at least 4 members (excludes halogenated alkanes) is 2. The van der Waals surface area contributed by atoms with Gasteiger partial charge in [-0.1, -0.05) is 117 Å². The molecule has 1 heterocycles. The molecule has 5 atom stereocenters. The number of cyclic esters (lactones) is 1. The second kappa shape index (κ2) is 15.1. The number of benzene rings is 3. The van der Waals surface area contributed by atoms with E-state index < -0.39 is 6.09 Å². The highest BCUT2D eigenvalue weighted by atomic mass is 16.6. The topological polar surface area (TPSA) is 67.9 Å². The first kappa shape index (κ1) is 30.0. The highest BCUT2D eigenvalue weighted by molar-refractivity contribution is 5.95. The number of carbonyl (C=O) groups excluding carboxylic acids is 2. The van der Waals surface area contributed by atoms with Gasteiger partial charge < -0.3 is 4.74 Å². The van der Waals surface area contributed by atoms with E-state index in [1.807, 2.05) is 60.7 Å². The van der Waals surface area contributed by atoms with Crippen LogP contribution in [0, 0.1) is 17.8 Å². The molecule has 1 aliphatic carbocycles. The molecule has 1 saturated carbocycles. The van der Waals surface area contributed by atoms with Crippen molar-refractivity contribution in [2.24, 2.45) is 17.8 Å². The average molecular weight is 569 g/mol. The van der Waals surface area contributed by atoms with Crippen LogP contribution in [0.3, 0.4) is 0 Å². The maximum atomic E-state index is 14.3. The number of carbonyl (C=O) groups is 2. The molecule has 2 aliphatic rings. The molecule has 3 unspecified atom stereocenters. The molecule has 3 aromatic rings. The molecule has 5 rings (SSSR count). The van der Waals surface area contributed by atoms with Gasteiger partial charge in [0.2, 0.25) is 5.91 Å². The van der Waals surface area contributed by atoms with Gasteiger partial charge in [-0.05, 0) is 60.6 Å². The lowest BCUT2D eigenvalue weighted by molar-refractivity contribution is -0.137. The molecule has 1 aliphatic heterocycles. The molecule has 1 saturated heterocycles. The van der Waals surface area contributed by atoms with Crippen molar-refractivity contribution in [3.63, 3.8) is 0 Å². The quantitative estimate of drug-likeness (QED) is 0.147. The summed E-state index contributed by atoms with van der Waals surface area (Å²) in [5, 5.41) is 0. The van der Waals surface area contributed by atoms with E-state index in [1.165, 1.54) is 10.5 Å². The second-order valence-corrected chi connectivity index (χ2v) is 11.9. The largest absolute Gasteiger partial charge is 0.447 e. The minimum atomic E-state index is -0.529. The van der Waals surface area contributed by atoms with Crippen LogP contribution in [0.5, 0.6) is 0 Å². The van der Waals surface area contributed by atoms with Gasteiger partial charge in [-0.25, -0.2) is 9.69 Å². The van der Waals surface area contributed by atoms with Crippen LogP contribution in [-0.4, -0.2) is 35.6 Å². The van der Waals surface area contributed by atoms with Gasteiger partial charge in [0.15, 0.2) is 0 Å². The monoisotopic (exact) mass is 568 g/mol. The van der Waals surface area contributed by atoms with Crippen LogP contribution in [0.4, 0.5) is 4.79 Å². The number of rotatable bonds is 16. The molecular formula is C36H44N2O4. The van der Waals surface area contributed by atoms with E-state index in [0.29, 0.717) is 31.3 Å². The molecule has 2 fully saturated rings. The van der Waals surface area contributed by atoms with Crippen LogP contribution in [-0.2, 0) is 33.8 Å². The van der Waals surface area contributed by atoms with Crippen molar-refractivity contribution in [2.75, 3.05) is 6.61 Å². The summed E-state index contributed by atoms with van der Waals surface area (Å²) >= 11 is 0. The van der Waals surface area contributed by atoms with Crippen LogP contribution < -0.4 is 5.48 Å². The van der Waals surface area contributed by atoms with E-state index in [-0.39, 0.29) is 30.5 Å². The standard InChI is InChI=1S/C36H44N2O4/c1-2-3-7-20-33(35(39)38-32(26-41-36(38)40)22-28-16-10-5-11-17-28)34(37-42-25-29-18-12-6-13-19-29)24-31-23-30(31)21-27-14-8-4-9-15-27/h4-6,8-19,30-34,37H,2-3,7,20-26H2,1H3/t30?,31?,32-,33+,34?/m0/s1. The number of nitrogens with zero attached hydrogens (tertiary/aromatic N) is 1. The molecule has 6 nitrogen and oxygen atoms in total. The number of hydroxylamine groups is 1. The fourth-order valence-corrected chi connectivity index (χ4v) is 6.25. The summed E-state index contributed by atoms with van der Waals surface area (Å²) < 4.78 is 5.46. The number of hydrogen-bond donors (Lipinski definition) is 1. The van der Waals surface area contributed by atoms with Crippen molar-refractivity contribution in [1.29, 1.82) is 0 Å². The van der Waals surface area contributed by atoms with Gasteiger partial charge in [0.1, 0.15) is 6.61 Å². The molecule has 6 heteroatoms. The summed E-state index contributed by atoms with van der Waals surface area (Å²) in [7, 11) is 0. The summed E-state index contributed by atoms with van der Waals surface area (Å²) in [5.74, 6) is 0.583. The Hall–Kier alpha value is -3.48. The third kappa shape index (κ3) is 8.30. The Morgan fingerprint density at radius 2 is 1.50 bits per heavy atom. The van der Waals surface area contributed by atoms with Gasteiger partial charge in [0.25, 0.3) is 0 Å². The van der Waals surface area contributed by atoms with E-state index in [0.717, 1.165) is 49.7 Å². The van der Waals surface area contributed by atoms with Gasteiger partial charge in [-0.2, -0.15) is 5.48 Å². The predicted molar refractivity (Wildman–Crippen MR) is 164 cm³/mol. The third-order valence-corrected chi connectivity index (χ3v) is 8.72. The maximum Gasteiger partial charge on any atom is 0.416 e. The van der Waals surface area contributed by atoms with Crippen LogP contribution in [0.25, 0.3) is 0 Å². The van der Waals surface area contributed by atoms with E-state index in [2.05, 4.69) is 42.7 Å². The zero-order valence-corrected chi connectivity index (χ0v) is 24.7. The van der Waals surface area contributed by atoms with Gasteiger partial charge in [-0.15, -0.1) is 0 Å². The molecule has 3 aromatic carbocycles. The zero-order valence-electron chi connectivity index (χ0n) is 24.7.